The Labute approximate surface area is 149 Å². The molecule has 0 radical (unpaired) electrons. The zero-order valence-corrected chi connectivity index (χ0v) is 14.7. The zero-order chi connectivity index (χ0) is 19.5. The maximum Gasteiger partial charge on any atom is 0.416 e. The van der Waals surface area contributed by atoms with Gasteiger partial charge in [-0.05, 0) is 43.4 Å². The fourth-order valence-electron chi connectivity index (χ4n) is 2.90. The Morgan fingerprint density at radius 2 is 1.96 bits per heavy atom. The predicted molar refractivity (Wildman–Crippen MR) is 88.3 cm³/mol. The van der Waals surface area contributed by atoms with E-state index in [-0.39, 0.29) is 12.1 Å². The van der Waals surface area contributed by atoms with Gasteiger partial charge in [-0.15, -0.1) is 0 Å². The quantitative estimate of drug-likeness (QED) is 0.474. The number of carbonyl (C=O) groups excluding carboxylic acids is 3. The molecule has 1 N–H and O–H groups in total. The Morgan fingerprint density at radius 3 is 2.54 bits per heavy atom. The smallest absolute Gasteiger partial charge is 0.355 e. The molecule has 1 aromatic carbocycles. The van der Waals surface area contributed by atoms with Gasteiger partial charge in [0.2, 0.25) is 11.7 Å². The van der Waals surface area contributed by atoms with Gasteiger partial charge in [0, 0.05) is 20.1 Å². The van der Waals surface area contributed by atoms with Crippen LogP contribution in [0.5, 0.6) is 0 Å². The summed E-state index contributed by atoms with van der Waals surface area (Å²) in [6.45, 7) is 1.81. The monoisotopic (exact) mass is 370 g/mol. The molecule has 2 rings (SSSR count). The average molecular weight is 370 g/mol. The van der Waals surface area contributed by atoms with E-state index in [0.717, 1.165) is 6.07 Å². The van der Waals surface area contributed by atoms with Crippen LogP contribution < -0.4 is 5.32 Å². The fraction of sp³-hybridized carbons (Fsp3) is 0.500. The van der Waals surface area contributed by atoms with E-state index < -0.39 is 35.3 Å². The molecular formula is C18H21F3N2O3. The molecule has 1 unspecified atom stereocenters. The van der Waals surface area contributed by atoms with Crippen molar-refractivity contribution in [3.63, 3.8) is 0 Å². The first kappa shape index (κ1) is 19.9. The second-order valence-electron chi connectivity index (χ2n) is 6.50. The van der Waals surface area contributed by atoms with Crippen molar-refractivity contribution < 1.29 is 27.6 Å². The number of carbonyl (C=O) groups is 3. The van der Waals surface area contributed by atoms with E-state index in [1.807, 2.05) is 0 Å². The maximum absolute atomic E-state index is 12.9. The van der Waals surface area contributed by atoms with Crippen molar-refractivity contribution in [2.45, 2.75) is 32.4 Å². The number of likely N-dealkylation sites (tertiary alicyclic amines) is 1. The number of hydrogen-bond donors (Lipinski definition) is 1. The third kappa shape index (κ3) is 4.62. The molecule has 26 heavy (non-hydrogen) atoms. The number of aryl methyl sites for hydroxylation is 2. The number of halogens is 3. The molecule has 1 heterocycles. The number of unbranched alkanes of at least 4 members (excludes halogenated alkanes) is 1. The molecule has 1 aliphatic heterocycles. The molecule has 1 atom stereocenters. The van der Waals surface area contributed by atoms with Crippen molar-refractivity contribution in [3.05, 3.63) is 34.9 Å². The standard InChI is InChI=1S/C18H21F3N2O3/c1-11-6-7-12(9-14(11)18(19,20)21)5-3-4-8-22-16(25)13-10-23(2)17(26)15(13)24/h6-7,9,13H,3-5,8,10H2,1-2H3,(H,22,25). The van der Waals surface area contributed by atoms with Crippen LogP contribution in [0.25, 0.3) is 0 Å². The highest BCUT2D eigenvalue weighted by Crippen LogP contribution is 2.32. The van der Waals surface area contributed by atoms with Crippen molar-refractivity contribution in [1.82, 2.24) is 10.2 Å². The van der Waals surface area contributed by atoms with Crippen LogP contribution in [0.1, 0.15) is 29.5 Å². The van der Waals surface area contributed by atoms with Crippen LogP contribution in [0.2, 0.25) is 0 Å². The van der Waals surface area contributed by atoms with Gasteiger partial charge in [-0.25, -0.2) is 0 Å². The summed E-state index contributed by atoms with van der Waals surface area (Å²) in [5, 5.41) is 2.61. The van der Waals surface area contributed by atoms with Gasteiger partial charge in [0.05, 0.1) is 5.56 Å². The first-order chi connectivity index (χ1) is 12.1. The summed E-state index contributed by atoms with van der Waals surface area (Å²) < 4.78 is 38.7. The lowest BCUT2D eigenvalue weighted by Crippen LogP contribution is -2.36. The highest BCUT2D eigenvalue weighted by atomic mass is 19.4. The van der Waals surface area contributed by atoms with E-state index in [2.05, 4.69) is 5.32 Å². The SMILES string of the molecule is Cc1ccc(CCCCNC(=O)C2CN(C)C(=O)C2=O)cc1C(F)(F)F. The molecule has 142 valence electrons. The first-order valence-corrected chi connectivity index (χ1v) is 8.35. The Bertz CT molecular complexity index is 716. The van der Waals surface area contributed by atoms with Crippen LogP contribution in [0, 0.1) is 12.8 Å². The van der Waals surface area contributed by atoms with Gasteiger partial charge >= 0.3 is 6.18 Å². The summed E-state index contributed by atoms with van der Waals surface area (Å²) in [6, 6.07) is 4.29. The highest BCUT2D eigenvalue weighted by molar-refractivity contribution is 6.42. The summed E-state index contributed by atoms with van der Waals surface area (Å²) in [5.41, 5.74) is 0.151. The Balaban J connectivity index is 1.77. The molecule has 1 saturated heterocycles. The number of likely N-dealkylation sites (N-methyl/N-ethyl adjacent to an activating group) is 1. The number of ketones is 1. The van der Waals surface area contributed by atoms with Gasteiger partial charge in [0.15, 0.2) is 0 Å². The van der Waals surface area contributed by atoms with Gasteiger partial charge in [-0.2, -0.15) is 13.2 Å². The third-order valence-electron chi connectivity index (χ3n) is 4.45. The van der Waals surface area contributed by atoms with Crippen LogP contribution >= 0.6 is 0 Å². The minimum Gasteiger partial charge on any atom is -0.355 e. The van der Waals surface area contributed by atoms with Crippen LogP contribution in [-0.2, 0) is 27.0 Å². The van der Waals surface area contributed by atoms with E-state index in [4.69, 9.17) is 0 Å². The molecule has 0 aromatic heterocycles. The Kier molecular flexibility index (Phi) is 6.05. The maximum atomic E-state index is 12.9. The number of nitrogens with zero attached hydrogens (tertiary/aromatic N) is 1. The van der Waals surface area contributed by atoms with Crippen molar-refractivity contribution in [2.75, 3.05) is 20.1 Å². The van der Waals surface area contributed by atoms with E-state index >= 15 is 0 Å². The molecule has 0 bridgehead atoms. The molecule has 0 spiro atoms. The van der Waals surface area contributed by atoms with Gasteiger partial charge in [0.1, 0.15) is 5.92 Å². The Hall–Kier alpha value is -2.38. The number of rotatable bonds is 6. The van der Waals surface area contributed by atoms with Crippen LogP contribution in [0.15, 0.2) is 18.2 Å². The third-order valence-corrected chi connectivity index (χ3v) is 4.45. The highest BCUT2D eigenvalue weighted by Gasteiger charge is 2.41. The van der Waals surface area contributed by atoms with E-state index in [0.29, 0.717) is 31.4 Å². The summed E-state index contributed by atoms with van der Waals surface area (Å²) in [5.74, 6) is -2.82. The number of alkyl halides is 3. The van der Waals surface area contributed by atoms with Crippen molar-refractivity contribution in [2.24, 2.45) is 5.92 Å². The molecule has 2 amide bonds. The molecule has 1 aromatic rings. The topological polar surface area (TPSA) is 66.5 Å². The van der Waals surface area contributed by atoms with Crippen LogP contribution in [0.3, 0.4) is 0 Å². The number of benzene rings is 1. The zero-order valence-electron chi connectivity index (χ0n) is 14.7. The second kappa shape index (κ2) is 7.88. The lowest BCUT2D eigenvalue weighted by Gasteiger charge is -2.12. The van der Waals surface area contributed by atoms with Crippen molar-refractivity contribution in [1.29, 1.82) is 0 Å². The molecule has 5 nitrogen and oxygen atoms in total. The van der Waals surface area contributed by atoms with Crippen molar-refractivity contribution in [3.8, 4) is 0 Å². The van der Waals surface area contributed by atoms with E-state index in [1.165, 1.54) is 24.9 Å². The summed E-state index contributed by atoms with van der Waals surface area (Å²) >= 11 is 0. The second-order valence-corrected chi connectivity index (χ2v) is 6.50. The number of hydrogen-bond acceptors (Lipinski definition) is 3. The largest absolute Gasteiger partial charge is 0.416 e. The van der Waals surface area contributed by atoms with Gasteiger partial charge < -0.3 is 10.2 Å². The summed E-state index contributed by atoms with van der Waals surface area (Å²) in [4.78, 5) is 36.2. The number of amides is 2. The molecule has 8 heteroatoms. The van der Waals surface area contributed by atoms with Gasteiger partial charge in [0.25, 0.3) is 5.91 Å². The molecule has 1 fully saturated rings. The minimum absolute atomic E-state index is 0.0765. The number of Topliss-reactive ketones (excluding diaryl/α,β-unsaturated/α-hetero) is 1. The minimum atomic E-state index is -4.37. The van der Waals surface area contributed by atoms with Crippen molar-refractivity contribution >= 4 is 17.6 Å². The molecule has 1 aliphatic rings. The first-order valence-electron chi connectivity index (χ1n) is 8.35. The molecular weight excluding hydrogens is 349 g/mol. The molecule has 0 saturated carbocycles. The van der Waals surface area contributed by atoms with Gasteiger partial charge in [-0.3, -0.25) is 14.4 Å². The van der Waals surface area contributed by atoms with Crippen LogP contribution in [-0.4, -0.2) is 42.6 Å². The van der Waals surface area contributed by atoms with Gasteiger partial charge in [-0.1, -0.05) is 12.1 Å². The molecule has 0 aliphatic carbocycles. The Morgan fingerprint density at radius 1 is 1.27 bits per heavy atom. The lowest BCUT2D eigenvalue weighted by atomic mass is 10.0. The lowest BCUT2D eigenvalue weighted by molar-refractivity contribution is -0.142. The fourth-order valence-corrected chi connectivity index (χ4v) is 2.90. The van der Waals surface area contributed by atoms with E-state index in [9.17, 15) is 27.6 Å². The normalized spacial score (nSPS) is 17.7. The van der Waals surface area contributed by atoms with E-state index in [1.54, 1.807) is 6.07 Å². The predicted octanol–water partition coefficient (Wildman–Crippen LogP) is 2.11. The summed E-state index contributed by atoms with van der Waals surface area (Å²) in [7, 11) is 1.46. The summed E-state index contributed by atoms with van der Waals surface area (Å²) in [6.07, 6.45) is -2.75. The number of nitrogens with one attached hydrogen (secondary N) is 1. The van der Waals surface area contributed by atoms with Crippen LogP contribution in [0.4, 0.5) is 13.2 Å². The average Bonchev–Trinajstić information content (AvgIpc) is 2.82.